The number of rotatable bonds is 6. The summed E-state index contributed by atoms with van der Waals surface area (Å²) in [5.41, 5.74) is 0.433. The van der Waals surface area contributed by atoms with E-state index in [0.29, 0.717) is 5.41 Å². The van der Waals surface area contributed by atoms with Gasteiger partial charge < -0.3 is 4.90 Å². The minimum Gasteiger partial charge on any atom is -0.303 e. The molecule has 86 valence electrons. The topological polar surface area (TPSA) is 3.24 Å². The molecule has 0 N–H and O–H groups in total. The van der Waals surface area contributed by atoms with Gasteiger partial charge in [0.25, 0.3) is 0 Å². The van der Waals surface area contributed by atoms with Crippen molar-refractivity contribution in [2.75, 3.05) is 19.6 Å². The molecule has 0 rings (SSSR count). The molecule has 0 saturated heterocycles. The fraction of sp³-hybridized carbons (Fsp3) is 1.00. The molecule has 0 unspecified atom stereocenters. The second-order valence-corrected chi connectivity index (χ2v) is 5.57. The SMILES string of the molecule is CCC(CC)CN(CC)CC(C)(C)C. The van der Waals surface area contributed by atoms with Crippen LogP contribution in [-0.4, -0.2) is 24.5 Å². The summed E-state index contributed by atoms with van der Waals surface area (Å²) in [5, 5.41) is 0. The zero-order valence-corrected chi connectivity index (χ0v) is 11.1. The average Bonchev–Trinajstić information content (AvgIpc) is 2.10. The van der Waals surface area contributed by atoms with Crippen LogP contribution in [0.2, 0.25) is 0 Å². The Hall–Kier alpha value is -0.0400. The molecule has 1 heteroatoms. The molecule has 0 bridgehead atoms. The first-order valence-electron chi connectivity index (χ1n) is 6.15. The van der Waals surface area contributed by atoms with Gasteiger partial charge in [-0.15, -0.1) is 0 Å². The van der Waals surface area contributed by atoms with E-state index >= 15 is 0 Å². The zero-order chi connectivity index (χ0) is 11.2. The molecule has 0 aliphatic heterocycles. The smallest absolute Gasteiger partial charge is 0.00300 e. The molecule has 14 heavy (non-hydrogen) atoms. The lowest BCUT2D eigenvalue weighted by Crippen LogP contribution is -2.36. The van der Waals surface area contributed by atoms with Crippen LogP contribution in [0.25, 0.3) is 0 Å². The van der Waals surface area contributed by atoms with Gasteiger partial charge in [0.15, 0.2) is 0 Å². The molecule has 0 fully saturated rings. The Balaban J connectivity index is 4.01. The van der Waals surface area contributed by atoms with Crippen molar-refractivity contribution < 1.29 is 0 Å². The average molecular weight is 199 g/mol. The van der Waals surface area contributed by atoms with E-state index in [2.05, 4.69) is 46.4 Å². The molecule has 0 amide bonds. The largest absolute Gasteiger partial charge is 0.303 e. The molecule has 0 spiro atoms. The first kappa shape index (κ1) is 14.0. The van der Waals surface area contributed by atoms with Crippen molar-refractivity contribution in [3.63, 3.8) is 0 Å². The summed E-state index contributed by atoms with van der Waals surface area (Å²) < 4.78 is 0. The number of hydrogen-bond acceptors (Lipinski definition) is 1. The van der Waals surface area contributed by atoms with E-state index in [4.69, 9.17) is 0 Å². The van der Waals surface area contributed by atoms with Crippen LogP contribution in [0.4, 0.5) is 0 Å². The molecule has 0 saturated carbocycles. The van der Waals surface area contributed by atoms with Crippen molar-refractivity contribution in [2.24, 2.45) is 11.3 Å². The summed E-state index contributed by atoms with van der Waals surface area (Å²) in [6.45, 7) is 17.5. The Morgan fingerprint density at radius 1 is 1.00 bits per heavy atom. The number of hydrogen-bond donors (Lipinski definition) is 0. The molecule has 0 heterocycles. The van der Waals surface area contributed by atoms with Gasteiger partial charge in [-0.05, 0) is 17.9 Å². The fourth-order valence-electron chi connectivity index (χ4n) is 1.89. The molecule has 1 nitrogen and oxygen atoms in total. The highest BCUT2D eigenvalue weighted by Crippen LogP contribution is 2.17. The van der Waals surface area contributed by atoms with E-state index in [1.807, 2.05) is 0 Å². The maximum absolute atomic E-state index is 2.59. The Labute approximate surface area is 90.9 Å². The van der Waals surface area contributed by atoms with Gasteiger partial charge in [0.2, 0.25) is 0 Å². The monoisotopic (exact) mass is 199 g/mol. The second kappa shape index (κ2) is 6.44. The summed E-state index contributed by atoms with van der Waals surface area (Å²) >= 11 is 0. The molecule has 0 atom stereocenters. The van der Waals surface area contributed by atoms with Crippen molar-refractivity contribution in [3.8, 4) is 0 Å². The third-order valence-corrected chi connectivity index (χ3v) is 2.82. The summed E-state index contributed by atoms with van der Waals surface area (Å²) in [5.74, 6) is 0.886. The predicted octanol–water partition coefficient (Wildman–Crippen LogP) is 3.79. The van der Waals surface area contributed by atoms with E-state index in [-0.39, 0.29) is 0 Å². The van der Waals surface area contributed by atoms with Crippen LogP contribution in [0.3, 0.4) is 0 Å². The molecule has 0 aromatic rings. The van der Waals surface area contributed by atoms with Crippen molar-refractivity contribution in [1.82, 2.24) is 4.90 Å². The van der Waals surface area contributed by atoms with Crippen LogP contribution < -0.4 is 0 Å². The van der Waals surface area contributed by atoms with E-state index in [9.17, 15) is 0 Å². The highest BCUT2D eigenvalue weighted by molar-refractivity contribution is 4.70. The first-order valence-corrected chi connectivity index (χ1v) is 6.15. The predicted molar refractivity (Wildman–Crippen MR) is 65.6 cm³/mol. The standard InChI is InChI=1S/C13H29N/c1-7-12(8-2)10-14(9-3)11-13(4,5)6/h12H,7-11H2,1-6H3. The lowest BCUT2D eigenvalue weighted by Gasteiger charge is -2.31. The molecule has 0 aromatic heterocycles. The molecule has 0 aliphatic rings. The van der Waals surface area contributed by atoms with Crippen LogP contribution in [0.5, 0.6) is 0 Å². The highest BCUT2D eigenvalue weighted by atomic mass is 15.1. The minimum atomic E-state index is 0.433. The van der Waals surface area contributed by atoms with Gasteiger partial charge in [-0.1, -0.05) is 54.4 Å². The Kier molecular flexibility index (Phi) is 6.43. The van der Waals surface area contributed by atoms with Gasteiger partial charge in [-0.2, -0.15) is 0 Å². The van der Waals surface area contributed by atoms with Gasteiger partial charge in [0, 0.05) is 13.1 Å². The number of nitrogens with zero attached hydrogens (tertiary/aromatic N) is 1. The molecule has 0 radical (unpaired) electrons. The van der Waals surface area contributed by atoms with Crippen molar-refractivity contribution in [3.05, 3.63) is 0 Å². The van der Waals surface area contributed by atoms with Crippen molar-refractivity contribution >= 4 is 0 Å². The first-order chi connectivity index (χ1) is 6.42. The molecule has 0 aromatic carbocycles. The van der Waals surface area contributed by atoms with Crippen LogP contribution in [0, 0.1) is 11.3 Å². The third-order valence-electron chi connectivity index (χ3n) is 2.82. The Morgan fingerprint density at radius 2 is 1.50 bits per heavy atom. The Bertz CT molecular complexity index is 131. The Morgan fingerprint density at radius 3 is 1.79 bits per heavy atom. The second-order valence-electron chi connectivity index (χ2n) is 5.57. The normalized spacial score (nSPS) is 12.9. The van der Waals surface area contributed by atoms with E-state index in [1.165, 1.54) is 32.5 Å². The molecular formula is C13H29N. The maximum Gasteiger partial charge on any atom is 0.00300 e. The van der Waals surface area contributed by atoms with Gasteiger partial charge in [0.1, 0.15) is 0 Å². The summed E-state index contributed by atoms with van der Waals surface area (Å²) in [6.07, 6.45) is 2.63. The fourth-order valence-corrected chi connectivity index (χ4v) is 1.89. The van der Waals surface area contributed by atoms with Crippen molar-refractivity contribution in [1.29, 1.82) is 0 Å². The minimum absolute atomic E-state index is 0.433. The van der Waals surface area contributed by atoms with E-state index in [0.717, 1.165) is 5.92 Å². The summed E-state index contributed by atoms with van der Waals surface area (Å²) in [6, 6.07) is 0. The lowest BCUT2D eigenvalue weighted by atomic mass is 9.94. The van der Waals surface area contributed by atoms with Crippen LogP contribution in [0.15, 0.2) is 0 Å². The van der Waals surface area contributed by atoms with Crippen LogP contribution >= 0.6 is 0 Å². The van der Waals surface area contributed by atoms with Crippen molar-refractivity contribution in [2.45, 2.75) is 54.4 Å². The maximum atomic E-state index is 2.59. The lowest BCUT2D eigenvalue weighted by molar-refractivity contribution is 0.170. The highest BCUT2D eigenvalue weighted by Gasteiger charge is 2.17. The quantitative estimate of drug-likeness (QED) is 0.629. The molecular weight excluding hydrogens is 170 g/mol. The van der Waals surface area contributed by atoms with Gasteiger partial charge >= 0.3 is 0 Å². The summed E-state index contributed by atoms with van der Waals surface area (Å²) in [7, 11) is 0. The van der Waals surface area contributed by atoms with Crippen LogP contribution in [-0.2, 0) is 0 Å². The van der Waals surface area contributed by atoms with E-state index < -0.39 is 0 Å². The van der Waals surface area contributed by atoms with Gasteiger partial charge in [-0.25, -0.2) is 0 Å². The zero-order valence-electron chi connectivity index (χ0n) is 11.1. The van der Waals surface area contributed by atoms with E-state index in [1.54, 1.807) is 0 Å². The molecule has 0 aliphatic carbocycles. The van der Waals surface area contributed by atoms with Gasteiger partial charge in [0.05, 0.1) is 0 Å². The third kappa shape index (κ3) is 6.42. The summed E-state index contributed by atoms with van der Waals surface area (Å²) in [4.78, 5) is 2.59. The van der Waals surface area contributed by atoms with Crippen LogP contribution in [0.1, 0.15) is 54.4 Å². The van der Waals surface area contributed by atoms with Gasteiger partial charge in [-0.3, -0.25) is 0 Å².